The number of benzene rings is 6. The summed E-state index contributed by atoms with van der Waals surface area (Å²) in [6.07, 6.45) is 1.83. The van der Waals surface area contributed by atoms with Crippen molar-refractivity contribution in [1.82, 2.24) is 9.97 Å². The maximum Gasteiger partial charge on any atom is 0.227 e. The second-order valence-electron chi connectivity index (χ2n) is 14.5. The maximum atomic E-state index is 7.73. The Balaban J connectivity index is 1.26. The van der Waals surface area contributed by atoms with Gasteiger partial charge in [-0.25, -0.2) is 4.98 Å². The molecule has 0 aliphatic carbocycles. The van der Waals surface area contributed by atoms with Crippen LogP contribution in [0.15, 0.2) is 174 Å². The molecule has 0 spiro atoms. The maximum absolute atomic E-state index is 7.73. The van der Waals surface area contributed by atoms with E-state index in [-0.39, 0.29) is 5.41 Å². The Kier molecular flexibility index (Phi) is 9.73. The molecule has 0 bridgehead atoms. The summed E-state index contributed by atoms with van der Waals surface area (Å²) in [4.78, 5) is 14.0. The highest BCUT2D eigenvalue weighted by molar-refractivity contribution is 6.36. The lowest BCUT2D eigenvalue weighted by Gasteiger charge is -2.33. The van der Waals surface area contributed by atoms with E-state index in [2.05, 4.69) is 157 Å². The number of aromatic nitrogens is 2. The van der Waals surface area contributed by atoms with Crippen LogP contribution in [0.25, 0.3) is 33.8 Å². The molecule has 0 saturated carbocycles. The Morgan fingerprint density at radius 1 is 0.574 bits per heavy atom. The van der Waals surface area contributed by atoms with Crippen LogP contribution in [0.5, 0.6) is 0 Å². The van der Waals surface area contributed by atoms with Gasteiger partial charge in [-0.1, -0.05) is 123 Å². The number of nitrogens with zero attached hydrogens (tertiary/aromatic N) is 4. The van der Waals surface area contributed by atoms with Crippen molar-refractivity contribution in [2.75, 3.05) is 9.80 Å². The largest absolute Gasteiger partial charge is 0.436 e. The summed E-state index contributed by atoms with van der Waals surface area (Å²) in [5, 5.41) is 0.673. The van der Waals surface area contributed by atoms with Gasteiger partial charge in [-0.05, 0) is 94.9 Å². The molecule has 6 aromatic carbocycles. The molecule has 0 radical (unpaired) electrons. The molecule has 0 aliphatic heterocycles. The third-order valence-electron chi connectivity index (χ3n) is 9.71. The lowest BCUT2D eigenvalue weighted by molar-refractivity contribution is 0.590. The van der Waals surface area contributed by atoms with E-state index < -0.39 is 0 Å². The molecule has 6 heteroatoms. The van der Waals surface area contributed by atoms with Gasteiger partial charge in [0.15, 0.2) is 5.58 Å². The van der Waals surface area contributed by atoms with Gasteiger partial charge in [0.2, 0.25) is 5.89 Å². The molecule has 0 saturated heterocycles. The van der Waals surface area contributed by atoms with Gasteiger partial charge in [0.25, 0.3) is 0 Å². The standard InChI is InChI=1S/C48H41ClN4O/c1-48(2,3)38-30-43(52(32-34-14-6-4-7-15-34)39-25-21-36(22-26-39)41-18-12-13-29-50-41)46(49)44(31-38)53(33-35-16-8-5-9-17-35)40-27-23-37(24-28-40)47-51-42-19-10-11-20-45(42)54-47/h4-31H,32-33H2,1-3H3. The molecule has 54 heavy (non-hydrogen) atoms. The van der Waals surface area contributed by atoms with Crippen LogP contribution < -0.4 is 9.80 Å². The van der Waals surface area contributed by atoms with Gasteiger partial charge in [-0.15, -0.1) is 0 Å². The quantitative estimate of drug-likeness (QED) is 0.140. The average molecular weight is 725 g/mol. The van der Waals surface area contributed by atoms with E-state index >= 15 is 0 Å². The fourth-order valence-electron chi connectivity index (χ4n) is 6.71. The predicted molar refractivity (Wildman–Crippen MR) is 224 cm³/mol. The van der Waals surface area contributed by atoms with Crippen LogP contribution in [0, 0.1) is 0 Å². The van der Waals surface area contributed by atoms with Gasteiger partial charge in [-0.3, -0.25) is 4.98 Å². The van der Waals surface area contributed by atoms with Crippen LogP contribution in [0.1, 0.15) is 37.5 Å². The second-order valence-corrected chi connectivity index (χ2v) is 14.9. The zero-order valence-electron chi connectivity index (χ0n) is 30.7. The normalized spacial score (nSPS) is 11.5. The van der Waals surface area contributed by atoms with Crippen LogP contribution in [-0.2, 0) is 18.5 Å². The number of halogens is 1. The minimum Gasteiger partial charge on any atom is -0.436 e. The van der Waals surface area contributed by atoms with Gasteiger partial charge >= 0.3 is 0 Å². The average Bonchev–Trinajstić information content (AvgIpc) is 3.65. The Bertz CT molecular complexity index is 2440. The Morgan fingerprint density at radius 2 is 1.09 bits per heavy atom. The number of oxazole rings is 1. The number of pyridine rings is 1. The van der Waals surface area contributed by atoms with Crippen molar-refractivity contribution in [1.29, 1.82) is 0 Å². The Morgan fingerprint density at radius 3 is 1.61 bits per heavy atom. The van der Waals surface area contributed by atoms with Crippen LogP contribution in [-0.4, -0.2) is 9.97 Å². The number of fused-ring (bicyclic) bond motifs is 1. The fraction of sp³-hybridized carbons (Fsp3) is 0.125. The summed E-state index contributed by atoms with van der Waals surface area (Å²) in [5.41, 5.74) is 11.8. The molecule has 2 heterocycles. The summed E-state index contributed by atoms with van der Waals surface area (Å²) in [6.45, 7) is 8.01. The van der Waals surface area contributed by atoms with Crippen LogP contribution in [0.4, 0.5) is 22.7 Å². The van der Waals surface area contributed by atoms with Crippen molar-refractivity contribution >= 4 is 45.5 Å². The third kappa shape index (κ3) is 7.50. The Labute approximate surface area is 322 Å². The van der Waals surface area contributed by atoms with E-state index in [0.717, 1.165) is 50.7 Å². The van der Waals surface area contributed by atoms with E-state index in [1.54, 1.807) is 0 Å². The summed E-state index contributed by atoms with van der Waals surface area (Å²) in [7, 11) is 0. The molecule has 0 atom stereocenters. The number of hydrogen-bond acceptors (Lipinski definition) is 5. The molecular formula is C48H41ClN4O. The smallest absolute Gasteiger partial charge is 0.227 e. The van der Waals surface area contributed by atoms with Crippen LogP contribution in [0.3, 0.4) is 0 Å². The van der Waals surface area contributed by atoms with Crippen molar-refractivity contribution in [2.45, 2.75) is 39.3 Å². The van der Waals surface area contributed by atoms with Crippen molar-refractivity contribution in [3.05, 3.63) is 192 Å². The van der Waals surface area contributed by atoms with Crippen LogP contribution >= 0.6 is 11.6 Å². The molecule has 266 valence electrons. The molecule has 5 nitrogen and oxygen atoms in total. The summed E-state index contributed by atoms with van der Waals surface area (Å²) in [5.74, 6) is 0.595. The molecule has 0 fully saturated rings. The van der Waals surface area contributed by atoms with E-state index in [9.17, 15) is 0 Å². The lowest BCUT2D eigenvalue weighted by atomic mass is 9.86. The number of hydrogen-bond donors (Lipinski definition) is 0. The van der Waals surface area contributed by atoms with E-state index in [1.807, 2.05) is 48.7 Å². The van der Waals surface area contributed by atoms with Crippen LogP contribution in [0.2, 0.25) is 5.02 Å². The summed E-state index contributed by atoms with van der Waals surface area (Å²) < 4.78 is 6.12. The van der Waals surface area contributed by atoms with E-state index in [0.29, 0.717) is 24.0 Å². The van der Waals surface area contributed by atoms with Crippen molar-refractivity contribution in [2.24, 2.45) is 0 Å². The molecule has 2 aromatic heterocycles. The first-order valence-electron chi connectivity index (χ1n) is 18.2. The zero-order chi connectivity index (χ0) is 37.1. The highest BCUT2D eigenvalue weighted by Gasteiger charge is 2.26. The SMILES string of the molecule is CC(C)(C)c1cc(N(Cc2ccccc2)c2ccc(-c3ccccn3)cc2)c(Cl)c(N(Cc2ccccc2)c2ccc(-c3nc4ccccc4o3)cc2)c1. The van der Waals surface area contributed by atoms with Gasteiger partial charge in [0.1, 0.15) is 5.52 Å². The van der Waals surface area contributed by atoms with Crippen molar-refractivity contribution < 1.29 is 4.42 Å². The van der Waals surface area contributed by atoms with Gasteiger partial charge < -0.3 is 14.2 Å². The first kappa shape index (κ1) is 34.9. The minimum atomic E-state index is -0.162. The first-order valence-corrected chi connectivity index (χ1v) is 18.6. The zero-order valence-corrected chi connectivity index (χ0v) is 31.4. The predicted octanol–water partition coefficient (Wildman–Crippen LogP) is 13.2. The number of rotatable bonds is 10. The summed E-state index contributed by atoms with van der Waals surface area (Å²) >= 11 is 7.73. The summed E-state index contributed by atoms with van der Waals surface area (Å²) in [6, 6.07) is 56.5. The van der Waals surface area contributed by atoms with Gasteiger partial charge in [0, 0.05) is 41.8 Å². The van der Waals surface area contributed by atoms with Gasteiger partial charge in [-0.2, -0.15) is 0 Å². The van der Waals surface area contributed by atoms with E-state index in [1.165, 1.54) is 16.7 Å². The molecular weight excluding hydrogens is 684 g/mol. The number of para-hydroxylation sites is 2. The minimum absolute atomic E-state index is 0.162. The second kappa shape index (κ2) is 15.1. The molecule has 8 aromatic rings. The molecule has 0 N–H and O–H groups in total. The van der Waals surface area contributed by atoms with E-state index in [4.69, 9.17) is 21.0 Å². The highest BCUT2D eigenvalue weighted by atomic mass is 35.5. The molecule has 0 amide bonds. The lowest BCUT2D eigenvalue weighted by Crippen LogP contribution is -2.22. The van der Waals surface area contributed by atoms with Gasteiger partial charge in [0.05, 0.1) is 22.1 Å². The topological polar surface area (TPSA) is 45.4 Å². The molecule has 0 aliphatic rings. The van der Waals surface area contributed by atoms with Crippen molar-refractivity contribution in [3.63, 3.8) is 0 Å². The monoisotopic (exact) mass is 724 g/mol. The highest BCUT2D eigenvalue weighted by Crippen LogP contribution is 2.46. The third-order valence-corrected chi connectivity index (χ3v) is 10.1. The fourth-order valence-corrected chi connectivity index (χ4v) is 7.02. The van der Waals surface area contributed by atoms with Crippen molar-refractivity contribution in [3.8, 4) is 22.7 Å². The molecule has 0 unspecified atom stereocenters. The first-order chi connectivity index (χ1) is 26.3. The molecule has 8 rings (SSSR count). The number of anilines is 4. The Hall–Kier alpha value is -6.17.